The highest BCUT2D eigenvalue weighted by Crippen LogP contribution is 2.22. The molecule has 31 heavy (non-hydrogen) atoms. The number of nitrogens with one attached hydrogen (secondary N) is 1. The number of hydrogen-bond acceptors (Lipinski definition) is 6. The summed E-state index contributed by atoms with van der Waals surface area (Å²) < 4.78 is 31.0. The van der Waals surface area contributed by atoms with E-state index in [4.69, 9.17) is 9.57 Å². The van der Waals surface area contributed by atoms with Crippen LogP contribution in [-0.4, -0.2) is 64.1 Å². The van der Waals surface area contributed by atoms with Crippen LogP contribution in [0.4, 0.5) is 0 Å². The summed E-state index contributed by atoms with van der Waals surface area (Å²) in [5.74, 6) is 0.604. The number of likely N-dealkylation sites (tertiary alicyclic amines) is 1. The van der Waals surface area contributed by atoms with E-state index in [1.54, 1.807) is 19.2 Å². The number of piperidine rings is 1. The van der Waals surface area contributed by atoms with Gasteiger partial charge in [0, 0.05) is 43.9 Å². The van der Waals surface area contributed by atoms with Crippen LogP contribution in [0.25, 0.3) is 0 Å². The smallest absolute Gasteiger partial charge is 0.264 e. The zero-order valence-corrected chi connectivity index (χ0v) is 18.9. The van der Waals surface area contributed by atoms with E-state index >= 15 is 0 Å². The summed E-state index contributed by atoms with van der Waals surface area (Å²) in [5, 5.41) is 3.03. The maximum atomic E-state index is 12.7. The molecule has 0 radical (unpaired) electrons. The Morgan fingerprint density at radius 3 is 2.52 bits per heavy atom. The molecule has 0 atom stereocenters. The Bertz CT molecular complexity index is 1000. The van der Waals surface area contributed by atoms with Gasteiger partial charge in [0.05, 0.1) is 19.1 Å². The van der Waals surface area contributed by atoms with E-state index in [1.165, 1.54) is 26.3 Å². The van der Waals surface area contributed by atoms with Crippen molar-refractivity contribution in [2.45, 2.75) is 30.3 Å². The summed E-state index contributed by atoms with van der Waals surface area (Å²) in [6.07, 6.45) is 1.65. The molecule has 1 aliphatic rings. The minimum atomic E-state index is -3.81. The standard InChI is InChI=1S/C22H29N3O5S/c1-24(30-3)31(27,28)20-9-6-8-17(15-20)22(26)23-19-11-13-25(14-12-19)16-18-7-4-5-10-21(18)29-2/h4-10,15,19H,11-14,16H2,1-3H3,(H,23,26). The van der Waals surface area contributed by atoms with Gasteiger partial charge >= 0.3 is 0 Å². The lowest BCUT2D eigenvalue weighted by Crippen LogP contribution is -2.44. The summed E-state index contributed by atoms with van der Waals surface area (Å²) in [5.41, 5.74) is 1.45. The number of rotatable bonds is 8. The lowest BCUT2D eigenvalue weighted by Gasteiger charge is -2.32. The molecule has 0 saturated carbocycles. The summed E-state index contributed by atoms with van der Waals surface area (Å²) in [4.78, 5) is 19.8. The van der Waals surface area contributed by atoms with Crippen molar-refractivity contribution in [3.63, 3.8) is 0 Å². The van der Waals surface area contributed by atoms with E-state index < -0.39 is 10.0 Å². The lowest BCUT2D eigenvalue weighted by atomic mass is 10.0. The van der Waals surface area contributed by atoms with E-state index in [1.807, 2.05) is 18.2 Å². The Labute approximate surface area is 183 Å². The number of methoxy groups -OCH3 is 1. The van der Waals surface area contributed by atoms with Crippen LogP contribution >= 0.6 is 0 Å². The summed E-state index contributed by atoms with van der Waals surface area (Å²) in [7, 11) is 0.447. The highest BCUT2D eigenvalue weighted by atomic mass is 32.2. The second-order valence-corrected chi connectivity index (χ2v) is 9.40. The molecular formula is C22H29N3O5S. The number of benzene rings is 2. The predicted molar refractivity (Wildman–Crippen MR) is 117 cm³/mol. The molecule has 1 N–H and O–H groups in total. The first-order valence-electron chi connectivity index (χ1n) is 10.1. The number of sulfonamides is 1. The molecule has 0 aliphatic carbocycles. The zero-order chi connectivity index (χ0) is 22.4. The fraction of sp³-hybridized carbons (Fsp3) is 0.409. The minimum Gasteiger partial charge on any atom is -0.496 e. The lowest BCUT2D eigenvalue weighted by molar-refractivity contribution is -0.0258. The number of ether oxygens (including phenoxy) is 1. The maximum Gasteiger partial charge on any atom is 0.264 e. The van der Waals surface area contributed by atoms with Gasteiger partial charge in [-0.3, -0.25) is 14.5 Å². The number of hydrogen-bond donors (Lipinski definition) is 1. The van der Waals surface area contributed by atoms with E-state index in [0.717, 1.165) is 48.3 Å². The molecule has 1 fully saturated rings. The highest BCUT2D eigenvalue weighted by Gasteiger charge is 2.24. The number of hydroxylamine groups is 1. The van der Waals surface area contributed by atoms with Crippen LogP contribution in [0, 0.1) is 0 Å². The second-order valence-electron chi connectivity index (χ2n) is 7.46. The zero-order valence-electron chi connectivity index (χ0n) is 18.1. The van der Waals surface area contributed by atoms with E-state index in [0.29, 0.717) is 5.56 Å². The molecule has 1 aliphatic heterocycles. The van der Waals surface area contributed by atoms with Crippen molar-refractivity contribution in [2.24, 2.45) is 0 Å². The van der Waals surface area contributed by atoms with Gasteiger partial charge in [-0.05, 0) is 37.1 Å². The predicted octanol–water partition coefficient (Wildman–Crippen LogP) is 2.27. The van der Waals surface area contributed by atoms with Gasteiger partial charge in [0.25, 0.3) is 15.9 Å². The fourth-order valence-corrected chi connectivity index (χ4v) is 4.64. The molecule has 3 rings (SSSR count). The molecule has 0 aromatic heterocycles. The molecule has 2 aromatic carbocycles. The minimum absolute atomic E-state index is 0.0103. The molecule has 0 unspecified atom stereocenters. The van der Waals surface area contributed by atoms with Crippen LogP contribution in [0.15, 0.2) is 53.4 Å². The van der Waals surface area contributed by atoms with Crippen LogP contribution < -0.4 is 10.1 Å². The number of carbonyl (C=O) groups excluding carboxylic acids is 1. The van der Waals surface area contributed by atoms with Crippen molar-refractivity contribution in [3.8, 4) is 5.75 Å². The molecule has 8 nitrogen and oxygen atoms in total. The van der Waals surface area contributed by atoms with E-state index in [-0.39, 0.29) is 16.8 Å². The van der Waals surface area contributed by atoms with Crippen molar-refractivity contribution < 1.29 is 22.8 Å². The number of para-hydroxylation sites is 1. The molecule has 0 bridgehead atoms. The average molecular weight is 448 g/mol. The Hall–Kier alpha value is -2.46. The van der Waals surface area contributed by atoms with Crippen LogP contribution in [0.2, 0.25) is 0 Å². The number of nitrogens with zero attached hydrogens (tertiary/aromatic N) is 2. The Kier molecular flexibility index (Phi) is 7.66. The largest absolute Gasteiger partial charge is 0.496 e. The summed E-state index contributed by atoms with van der Waals surface area (Å²) in [6, 6.07) is 14.0. The molecular weight excluding hydrogens is 418 g/mol. The Balaban J connectivity index is 1.57. The molecule has 1 heterocycles. The second kappa shape index (κ2) is 10.2. The van der Waals surface area contributed by atoms with Gasteiger partial charge in [-0.25, -0.2) is 8.42 Å². The maximum absolute atomic E-state index is 12.7. The molecule has 0 spiro atoms. The van der Waals surface area contributed by atoms with E-state index in [9.17, 15) is 13.2 Å². The molecule has 2 aromatic rings. The third-order valence-electron chi connectivity index (χ3n) is 5.50. The van der Waals surface area contributed by atoms with Crippen molar-refractivity contribution >= 4 is 15.9 Å². The normalized spacial score (nSPS) is 15.7. The summed E-state index contributed by atoms with van der Waals surface area (Å²) >= 11 is 0. The van der Waals surface area contributed by atoms with Crippen molar-refractivity contribution in [3.05, 3.63) is 59.7 Å². The Morgan fingerprint density at radius 1 is 1.13 bits per heavy atom. The van der Waals surface area contributed by atoms with E-state index in [2.05, 4.69) is 16.3 Å². The molecule has 168 valence electrons. The fourth-order valence-electron chi connectivity index (χ4n) is 3.62. The highest BCUT2D eigenvalue weighted by molar-refractivity contribution is 7.89. The van der Waals surface area contributed by atoms with Gasteiger partial charge in [-0.2, -0.15) is 0 Å². The van der Waals surface area contributed by atoms with Gasteiger partial charge in [0.15, 0.2) is 0 Å². The van der Waals surface area contributed by atoms with Gasteiger partial charge in [-0.1, -0.05) is 28.7 Å². The van der Waals surface area contributed by atoms with Crippen molar-refractivity contribution in [1.82, 2.24) is 14.7 Å². The third-order valence-corrected chi connectivity index (χ3v) is 7.17. The molecule has 9 heteroatoms. The van der Waals surface area contributed by atoms with Crippen LogP contribution in [0.5, 0.6) is 5.75 Å². The topological polar surface area (TPSA) is 88.2 Å². The van der Waals surface area contributed by atoms with Crippen LogP contribution in [-0.2, 0) is 21.4 Å². The number of carbonyl (C=O) groups is 1. The molecule has 1 saturated heterocycles. The Morgan fingerprint density at radius 2 is 1.84 bits per heavy atom. The number of amides is 1. The first-order chi connectivity index (χ1) is 14.8. The van der Waals surface area contributed by atoms with Crippen LogP contribution in [0.3, 0.4) is 0 Å². The van der Waals surface area contributed by atoms with Crippen LogP contribution in [0.1, 0.15) is 28.8 Å². The van der Waals surface area contributed by atoms with Gasteiger partial charge < -0.3 is 10.1 Å². The quantitative estimate of drug-likeness (QED) is 0.625. The first kappa shape index (κ1) is 23.2. The average Bonchev–Trinajstić information content (AvgIpc) is 2.80. The van der Waals surface area contributed by atoms with Crippen molar-refractivity contribution in [2.75, 3.05) is 34.4 Å². The third kappa shape index (κ3) is 5.62. The van der Waals surface area contributed by atoms with Gasteiger partial charge in [-0.15, -0.1) is 0 Å². The SMILES string of the molecule is COc1ccccc1CN1CCC(NC(=O)c2cccc(S(=O)(=O)N(C)OC)c2)CC1. The summed E-state index contributed by atoms with van der Waals surface area (Å²) in [6.45, 7) is 2.52. The monoisotopic (exact) mass is 447 g/mol. The van der Waals surface area contributed by atoms with Gasteiger partial charge in [0.1, 0.15) is 5.75 Å². The van der Waals surface area contributed by atoms with Crippen molar-refractivity contribution in [1.29, 1.82) is 0 Å². The van der Waals surface area contributed by atoms with Gasteiger partial charge in [0.2, 0.25) is 0 Å². The first-order valence-corrected chi connectivity index (χ1v) is 11.6. The molecule has 1 amide bonds.